The highest BCUT2D eigenvalue weighted by Gasteiger charge is 2.63. The first-order chi connectivity index (χ1) is 24.8. The molecule has 2 N–H and O–H groups in total. The molecule has 5 fully saturated rings. The van der Waals surface area contributed by atoms with Crippen molar-refractivity contribution in [1.29, 1.82) is 5.26 Å². The summed E-state index contributed by atoms with van der Waals surface area (Å²) >= 11 is 0. The molecule has 2 aliphatic carbocycles. The maximum atomic E-state index is 15.2. The van der Waals surface area contributed by atoms with Gasteiger partial charge in [-0.25, -0.2) is 0 Å². The van der Waals surface area contributed by atoms with E-state index in [1.165, 1.54) is 25.3 Å². The van der Waals surface area contributed by atoms with Crippen LogP contribution in [0.4, 0.5) is 0 Å². The number of piperazine rings is 1. The zero-order valence-corrected chi connectivity index (χ0v) is 30.7. The topological polar surface area (TPSA) is 119 Å². The molecule has 3 saturated heterocycles. The molecule has 7 atom stereocenters. The smallest absolute Gasteiger partial charge is 0.246 e. The van der Waals surface area contributed by atoms with Crippen molar-refractivity contribution in [3.63, 3.8) is 0 Å². The molecular weight excluding hydrogens is 644 g/mol. The number of amides is 1. The van der Waals surface area contributed by atoms with Crippen LogP contribution in [0.2, 0.25) is 0 Å². The van der Waals surface area contributed by atoms with Gasteiger partial charge in [0.25, 0.3) is 0 Å². The van der Waals surface area contributed by atoms with Crippen molar-refractivity contribution in [3.8, 4) is 11.8 Å². The molecule has 11 heteroatoms. The molecule has 7 rings (SSSR count). The van der Waals surface area contributed by atoms with Gasteiger partial charge in [0.1, 0.15) is 11.4 Å². The molecule has 1 aromatic rings. The van der Waals surface area contributed by atoms with E-state index in [9.17, 15) is 10.1 Å². The van der Waals surface area contributed by atoms with E-state index in [2.05, 4.69) is 46.2 Å². The average molecular weight is 703 g/mol. The van der Waals surface area contributed by atoms with Crippen molar-refractivity contribution in [2.24, 2.45) is 11.8 Å². The second kappa shape index (κ2) is 15.6. The van der Waals surface area contributed by atoms with Gasteiger partial charge in [-0.1, -0.05) is 44.7 Å². The third kappa shape index (κ3) is 7.00. The molecule has 6 unspecified atom stereocenters. The number of likely N-dealkylation sites (N-methyl/N-ethyl adjacent to an activating group) is 1. The lowest BCUT2D eigenvalue weighted by Gasteiger charge is -2.64. The standard InChI is InChI=1S/C40H58N6O5/c1-4-35(47)46-22-21-45(25-31(46)17-19-41)40(30-11-8-6-5-7-9-12-30)34-16-18-39(24-28-14-15-33(49-3)23-29(28)26-51-39)37(48)36(34)42-38(43-40)50-27-32-13-10-20-44(32)2/h4,14-15,23,30-32,34,36,38,42-43H,1,5-13,16-18,20-22,24-27H2,2-3H3/t31?,32?,34?,36?,38?,39-,40?/m1/s1. The molecule has 1 aromatic carbocycles. The number of nitriles is 1. The SMILES string of the molecule is C=CC(=O)N1CCN(C2(C3CCCCCCC3)NC(OCC3CCCN3C)NC3C(=O)[C@@]4(CCC32)Cc2ccc(OC)cc2CO4)CC1CC#N. The molecule has 278 valence electrons. The number of hydrogen-bond donors (Lipinski definition) is 2. The van der Waals surface area contributed by atoms with Gasteiger partial charge < -0.3 is 24.0 Å². The van der Waals surface area contributed by atoms with Crippen LogP contribution in [0.25, 0.3) is 0 Å². The zero-order chi connectivity index (χ0) is 35.6. The number of carbonyl (C=O) groups excluding carboxylic acids is 2. The van der Waals surface area contributed by atoms with E-state index < -0.39 is 23.7 Å². The molecule has 4 aliphatic heterocycles. The number of nitrogens with zero attached hydrogens (tertiary/aromatic N) is 4. The van der Waals surface area contributed by atoms with E-state index in [4.69, 9.17) is 14.2 Å². The Hall–Kier alpha value is -2.85. The Bertz CT molecular complexity index is 1480. The number of ether oxygens (including phenoxy) is 3. The van der Waals surface area contributed by atoms with Crippen molar-refractivity contribution in [3.05, 3.63) is 42.0 Å². The van der Waals surface area contributed by atoms with Gasteiger partial charge in [-0.05, 0) is 87.4 Å². The summed E-state index contributed by atoms with van der Waals surface area (Å²) in [5.74, 6) is 1.02. The van der Waals surface area contributed by atoms with Gasteiger partial charge in [0, 0.05) is 38.0 Å². The molecule has 2 saturated carbocycles. The molecule has 0 radical (unpaired) electrons. The summed E-state index contributed by atoms with van der Waals surface area (Å²) in [6.45, 7) is 7.49. The molecule has 0 aromatic heterocycles. The first-order valence-electron chi connectivity index (χ1n) is 19.6. The van der Waals surface area contributed by atoms with Crippen LogP contribution in [0.5, 0.6) is 5.75 Å². The molecule has 11 nitrogen and oxygen atoms in total. The summed E-state index contributed by atoms with van der Waals surface area (Å²) in [5, 5.41) is 17.8. The van der Waals surface area contributed by atoms with Crippen LogP contribution in [0.3, 0.4) is 0 Å². The lowest BCUT2D eigenvalue weighted by Crippen LogP contribution is -2.83. The van der Waals surface area contributed by atoms with Crippen LogP contribution in [-0.4, -0.2) is 109 Å². The number of likely N-dealkylation sites (tertiary alicyclic amines) is 1. The Morgan fingerprint density at radius 3 is 2.61 bits per heavy atom. The summed E-state index contributed by atoms with van der Waals surface area (Å²) in [7, 11) is 3.84. The van der Waals surface area contributed by atoms with Gasteiger partial charge in [0.05, 0.1) is 50.6 Å². The maximum absolute atomic E-state index is 15.2. The lowest BCUT2D eigenvalue weighted by atomic mass is 9.61. The molecule has 51 heavy (non-hydrogen) atoms. The van der Waals surface area contributed by atoms with Crippen LogP contribution in [-0.2, 0) is 32.1 Å². The first-order valence-corrected chi connectivity index (χ1v) is 19.6. The second-order valence-electron chi connectivity index (χ2n) is 15.9. The number of Topliss-reactive ketones (excluding diaryl/α,β-unsaturated/α-hetero) is 1. The Morgan fingerprint density at radius 1 is 1.08 bits per heavy atom. The first kappa shape index (κ1) is 36.5. The van der Waals surface area contributed by atoms with Gasteiger partial charge in [-0.3, -0.25) is 25.1 Å². The quantitative estimate of drug-likeness (QED) is 0.384. The van der Waals surface area contributed by atoms with Crippen LogP contribution in [0.15, 0.2) is 30.9 Å². The Labute approximate surface area is 304 Å². The Balaban J connectivity index is 1.27. The van der Waals surface area contributed by atoms with E-state index in [0.717, 1.165) is 68.4 Å². The van der Waals surface area contributed by atoms with Crippen molar-refractivity contribution in [1.82, 2.24) is 25.3 Å². The van der Waals surface area contributed by atoms with Crippen LogP contribution in [0, 0.1) is 23.2 Å². The van der Waals surface area contributed by atoms with Crippen molar-refractivity contribution in [2.75, 3.05) is 46.9 Å². The van der Waals surface area contributed by atoms with E-state index in [0.29, 0.717) is 51.7 Å². The zero-order valence-electron chi connectivity index (χ0n) is 30.7. The molecular formula is C40H58N6O5. The predicted molar refractivity (Wildman–Crippen MR) is 193 cm³/mol. The van der Waals surface area contributed by atoms with E-state index in [-0.39, 0.29) is 36.0 Å². The minimum atomic E-state index is -0.908. The second-order valence-corrected chi connectivity index (χ2v) is 15.9. The van der Waals surface area contributed by atoms with Crippen molar-refractivity contribution in [2.45, 2.75) is 126 Å². The number of hydrogen-bond acceptors (Lipinski definition) is 10. The number of rotatable bonds is 8. The number of carbonyl (C=O) groups is 2. The largest absolute Gasteiger partial charge is 0.497 e. The van der Waals surface area contributed by atoms with Crippen LogP contribution < -0.4 is 15.4 Å². The summed E-state index contributed by atoms with van der Waals surface area (Å²) < 4.78 is 19.0. The van der Waals surface area contributed by atoms with Gasteiger partial charge >= 0.3 is 0 Å². The molecule has 1 amide bonds. The predicted octanol–water partition coefficient (Wildman–Crippen LogP) is 4.11. The van der Waals surface area contributed by atoms with E-state index in [1.807, 2.05) is 17.0 Å². The van der Waals surface area contributed by atoms with Gasteiger partial charge in [-0.2, -0.15) is 5.26 Å². The van der Waals surface area contributed by atoms with Crippen molar-refractivity contribution < 1.29 is 23.8 Å². The third-order valence-corrected chi connectivity index (χ3v) is 13.3. The minimum Gasteiger partial charge on any atom is -0.497 e. The fraction of sp³-hybridized carbons (Fsp3) is 0.725. The monoisotopic (exact) mass is 702 g/mol. The van der Waals surface area contributed by atoms with Gasteiger partial charge in [0.15, 0.2) is 12.1 Å². The molecule has 4 heterocycles. The average Bonchev–Trinajstić information content (AvgIpc) is 3.55. The summed E-state index contributed by atoms with van der Waals surface area (Å²) in [5.41, 5.74) is 0.755. The summed E-state index contributed by atoms with van der Waals surface area (Å²) in [4.78, 5) is 35.0. The van der Waals surface area contributed by atoms with Gasteiger partial charge in [0.2, 0.25) is 5.91 Å². The Kier molecular flexibility index (Phi) is 11.2. The van der Waals surface area contributed by atoms with Crippen LogP contribution >= 0.6 is 0 Å². The summed E-state index contributed by atoms with van der Waals surface area (Å²) in [6, 6.07) is 8.06. The molecule has 1 spiro atoms. The van der Waals surface area contributed by atoms with E-state index in [1.54, 1.807) is 7.11 Å². The Morgan fingerprint density at radius 2 is 1.88 bits per heavy atom. The maximum Gasteiger partial charge on any atom is 0.246 e. The number of benzene rings is 1. The summed E-state index contributed by atoms with van der Waals surface area (Å²) in [6.07, 6.45) is 13.4. The minimum absolute atomic E-state index is 0.0423. The van der Waals surface area contributed by atoms with Crippen molar-refractivity contribution >= 4 is 11.7 Å². The number of methoxy groups -OCH3 is 1. The number of fused-ring (bicyclic) bond motifs is 2. The number of ketones is 1. The van der Waals surface area contributed by atoms with Gasteiger partial charge in [-0.15, -0.1) is 0 Å². The van der Waals surface area contributed by atoms with E-state index >= 15 is 4.79 Å². The highest BCUT2D eigenvalue weighted by atomic mass is 16.5. The lowest BCUT2D eigenvalue weighted by molar-refractivity contribution is -0.201. The fourth-order valence-electron chi connectivity index (χ4n) is 10.5. The van der Waals surface area contributed by atoms with Crippen LogP contribution in [0.1, 0.15) is 88.2 Å². The molecule has 6 aliphatic rings. The highest BCUT2D eigenvalue weighted by molar-refractivity contribution is 5.94. The number of nitrogens with one attached hydrogen (secondary N) is 2. The fourth-order valence-corrected chi connectivity index (χ4v) is 10.5. The third-order valence-electron chi connectivity index (χ3n) is 13.3. The normalized spacial score (nSPS) is 35.4. The highest BCUT2D eigenvalue weighted by Crippen LogP contribution is 2.50. The molecule has 0 bridgehead atoms.